The van der Waals surface area contributed by atoms with E-state index in [1.807, 2.05) is 0 Å². The van der Waals surface area contributed by atoms with E-state index in [1.54, 1.807) is 4.46 Å². The fourth-order valence-electron chi connectivity index (χ4n) is 0.877. The van der Waals surface area contributed by atoms with E-state index in [-0.39, 0.29) is 0 Å². The summed E-state index contributed by atoms with van der Waals surface area (Å²) in [4.78, 5) is 1.08. The Bertz CT molecular complexity index is 201. The zero-order chi connectivity index (χ0) is 6.81. The molecule has 0 nitrogen and oxygen atoms in total. The van der Waals surface area contributed by atoms with Crippen molar-refractivity contribution in [3.05, 3.63) is 30.3 Å². The molecular weight excluding hydrogens is 187 g/mol. The number of rotatable bonds is 2. The maximum atomic E-state index is 2.25. The molecule has 1 saturated carbocycles. The molecule has 0 saturated heterocycles. The van der Waals surface area contributed by atoms with Gasteiger partial charge in [0, 0.05) is 0 Å². The molecule has 0 spiro atoms. The van der Waals surface area contributed by atoms with E-state index >= 15 is 0 Å². The Morgan fingerprint density at radius 3 is 2.40 bits per heavy atom. The summed E-state index contributed by atoms with van der Waals surface area (Å²) in [6.07, 6.45) is 2.96. The zero-order valence-corrected chi connectivity index (χ0v) is 7.50. The first kappa shape index (κ1) is 6.45. The van der Waals surface area contributed by atoms with Crippen molar-refractivity contribution in [2.75, 3.05) is 0 Å². The minimum absolute atomic E-state index is 0.779. The van der Waals surface area contributed by atoms with Gasteiger partial charge in [-0.1, -0.05) is 0 Å². The average Bonchev–Trinajstić information content (AvgIpc) is 2.74. The molecule has 1 aromatic carbocycles. The van der Waals surface area contributed by atoms with E-state index in [0.717, 1.165) is 19.8 Å². The Kier molecular flexibility index (Phi) is 1.79. The molecule has 1 aliphatic rings. The van der Waals surface area contributed by atoms with Crippen molar-refractivity contribution < 1.29 is 0 Å². The van der Waals surface area contributed by atoms with Gasteiger partial charge in [0.1, 0.15) is 0 Å². The van der Waals surface area contributed by atoms with Crippen LogP contribution in [0, 0.1) is 0 Å². The molecule has 0 unspecified atom stereocenters. The molecule has 1 fully saturated rings. The molecule has 0 radical (unpaired) electrons. The predicted molar refractivity (Wildman–Crippen MR) is 44.8 cm³/mol. The van der Waals surface area contributed by atoms with E-state index in [1.165, 1.54) is 12.8 Å². The van der Waals surface area contributed by atoms with Crippen molar-refractivity contribution in [3.8, 4) is 0 Å². The van der Waals surface area contributed by atoms with E-state index in [4.69, 9.17) is 0 Å². The number of hydrogen-bond acceptors (Lipinski definition) is 0. The van der Waals surface area contributed by atoms with Gasteiger partial charge in [-0.25, -0.2) is 0 Å². The molecular formula is C9H10Se. The van der Waals surface area contributed by atoms with Crippen LogP contribution in [0.15, 0.2) is 30.3 Å². The van der Waals surface area contributed by atoms with Gasteiger partial charge in [-0.3, -0.25) is 0 Å². The molecule has 0 atom stereocenters. The summed E-state index contributed by atoms with van der Waals surface area (Å²) < 4.78 is 1.57. The Morgan fingerprint density at radius 2 is 1.80 bits per heavy atom. The van der Waals surface area contributed by atoms with Crippen molar-refractivity contribution in [1.29, 1.82) is 0 Å². The molecule has 0 heterocycles. The molecule has 0 bridgehead atoms. The van der Waals surface area contributed by atoms with E-state index < -0.39 is 0 Å². The van der Waals surface area contributed by atoms with Gasteiger partial charge in [-0.2, -0.15) is 0 Å². The molecule has 0 aromatic heterocycles. The van der Waals surface area contributed by atoms with Gasteiger partial charge in [-0.05, 0) is 0 Å². The van der Waals surface area contributed by atoms with Gasteiger partial charge in [0.15, 0.2) is 0 Å². The molecule has 10 heavy (non-hydrogen) atoms. The van der Waals surface area contributed by atoms with Crippen LogP contribution < -0.4 is 4.46 Å². The van der Waals surface area contributed by atoms with Gasteiger partial charge in [0.2, 0.25) is 0 Å². The summed E-state index contributed by atoms with van der Waals surface area (Å²) in [6, 6.07) is 10.9. The summed E-state index contributed by atoms with van der Waals surface area (Å²) in [5, 5.41) is 0. The van der Waals surface area contributed by atoms with Crippen LogP contribution in [0.4, 0.5) is 0 Å². The van der Waals surface area contributed by atoms with Crippen molar-refractivity contribution in [1.82, 2.24) is 0 Å². The van der Waals surface area contributed by atoms with Gasteiger partial charge >= 0.3 is 67.4 Å². The first-order chi connectivity index (χ1) is 4.95. The summed E-state index contributed by atoms with van der Waals surface area (Å²) >= 11 is 0.779. The second kappa shape index (κ2) is 2.77. The normalized spacial score (nSPS) is 17.2. The third-order valence-electron chi connectivity index (χ3n) is 1.57. The van der Waals surface area contributed by atoms with Crippen LogP contribution in [-0.4, -0.2) is 15.0 Å². The SMILES string of the molecule is c1ccc([Se]C2CC2)cc1. The molecule has 1 aromatic rings. The van der Waals surface area contributed by atoms with Gasteiger partial charge in [-0.15, -0.1) is 0 Å². The zero-order valence-electron chi connectivity index (χ0n) is 5.79. The number of benzene rings is 1. The van der Waals surface area contributed by atoms with Crippen LogP contribution in [-0.2, 0) is 0 Å². The monoisotopic (exact) mass is 198 g/mol. The molecule has 1 heteroatoms. The second-order valence-corrected chi connectivity index (χ2v) is 5.51. The Morgan fingerprint density at radius 1 is 1.10 bits per heavy atom. The fraction of sp³-hybridized carbons (Fsp3) is 0.333. The van der Waals surface area contributed by atoms with Crippen LogP contribution in [0.5, 0.6) is 0 Å². The van der Waals surface area contributed by atoms with Crippen LogP contribution in [0.3, 0.4) is 0 Å². The Hall–Kier alpha value is -0.261. The van der Waals surface area contributed by atoms with Crippen molar-refractivity contribution in [3.63, 3.8) is 0 Å². The quantitative estimate of drug-likeness (QED) is 0.632. The minimum atomic E-state index is 0.779. The number of hydrogen-bond donors (Lipinski definition) is 0. The Labute approximate surface area is 67.8 Å². The standard InChI is InChI=1S/C9H10Se/c1-2-4-8(5-3-1)10-9-6-7-9/h1-5,9H,6-7H2. The van der Waals surface area contributed by atoms with Gasteiger partial charge in [0.25, 0.3) is 0 Å². The van der Waals surface area contributed by atoms with Crippen LogP contribution in [0.25, 0.3) is 0 Å². The first-order valence-electron chi connectivity index (χ1n) is 3.67. The maximum absolute atomic E-state index is 2.25. The summed E-state index contributed by atoms with van der Waals surface area (Å²) in [7, 11) is 0. The van der Waals surface area contributed by atoms with E-state index in [0.29, 0.717) is 0 Å². The predicted octanol–water partition coefficient (Wildman–Crippen LogP) is 1.60. The Balaban J connectivity index is 2.03. The van der Waals surface area contributed by atoms with Gasteiger partial charge in [0.05, 0.1) is 0 Å². The van der Waals surface area contributed by atoms with E-state index in [2.05, 4.69) is 30.3 Å². The molecule has 0 amide bonds. The molecule has 0 aliphatic heterocycles. The molecule has 2 rings (SSSR count). The van der Waals surface area contributed by atoms with Crippen LogP contribution in [0.1, 0.15) is 12.8 Å². The van der Waals surface area contributed by atoms with Crippen LogP contribution >= 0.6 is 0 Å². The van der Waals surface area contributed by atoms with E-state index in [9.17, 15) is 0 Å². The fourth-order valence-corrected chi connectivity index (χ4v) is 3.12. The first-order valence-corrected chi connectivity index (χ1v) is 5.51. The van der Waals surface area contributed by atoms with Crippen molar-refractivity contribution >= 4 is 19.4 Å². The molecule has 0 N–H and O–H groups in total. The van der Waals surface area contributed by atoms with Crippen LogP contribution in [0.2, 0.25) is 4.82 Å². The third-order valence-corrected chi connectivity index (χ3v) is 4.40. The summed E-state index contributed by atoms with van der Waals surface area (Å²) in [5.41, 5.74) is 0. The third kappa shape index (κ3) is 1.62. The second-order valence-electron chi connectivity index (χ2n) is 2.63. The van der Waals surface area contributed by atoms with Crippen molar-refractivity contribution in [2.45, 2.75) is 17.7 Å². The average molecular weight is 197 g/mol. The summed E-state index contributed by atoms with van der Waals surface area (Å²) in [6.45, 7) is 0. The van der Waals surface area contributed by atoms with Crippen molar-refractivity contribution in [2.24, 2.45) is 0 Å². The summed E-state index contributed by atoms with van der Waals surface area (Å²) in [5.74, 6) is 0. The van der Waals surface area contributed by atoms with Gasteiger partial charge < -0.3 is 0 Å². The molecule has 52 valence electrons. The topological polar surface area (TPSA) is 0 Å². The molecule has 1 aliphatic carbocycles.